The maximum atomic E-state index is 11.1. The van der Waals surface area contributed by atoms with Crippen LogP contribution in [0.2, 0.25) is 5.02 Å². The molecule has 4 heteroatoms. The van der Waals surface area contributed by atoms with Gasteiger partial charge in [-0.25, -0.2) is 0 Å². The molecule has 0 saturated carbocycles. The summed E-state index contributed by atoms with van der Waals surface area (Å²) >= 11 is 7.62. The van der Waals surface area contributed by atoms with Gasteiger partial charge in [-0.05, 0) is 36.1 Å². The van der Waals surface area contributed by atoms with Crippen LogP contribution in [-0.2, 0) is 4.79 Å². The van der Waals surface area contributed by atoms with Crippen molar-refractivity contribution in [1.82, 2.24) is 0 Å². The summed E-state index contributed by atoms with van der Waals surface area (Å²) in [5, 5.41) is 0.542. The van der Waals surface area contributed by atoms with Gasteiger partial charge in [0.2, 0.25) is 0 Å². The molecule has 0 aliphatic heterocycles. The fourth-order valence-electron chi connectivity index (χ4n) is 1.74. The lowest BCUT2D eigenvalue weighted by atomic mass is 10.0. The molecule has 0 atom stereocenters. The van der Waals surface area contributed by atoms with Crippen LogP contribution in [0.3, 0.4) is 0 Å². The van der Waals surface area contributed by atoms with Crippen LogP contribution >= 0.6 is 23.4 Å². The highest BCUT2D eigenvalue weighted by atomic mass is 35.5. The molecule has 0 amide bonds. The van der Waals surface area contributed by atoms with Gasteiger partial charge in [-0.15, -0.1) is 11.8 Å². The SMILES string of the molecule is CSc1ccc(-c2ccc(Cl)cc2OC(C)=O)cc1. The zero-order valence-corrected chi connectivity index (χ0v) is 12.2. The third-order valence-electron chi connectivity index (χ3n) is 2.60. The van der Waals surface area contributed by atoms with Gasteiger partial charge in [0.25, 0.3) is 0 Å². The fraction of sp³-hybridized carbons (Fsp3) is 0.133. The number of carbonyl (C=O) groups excluding carboxylic acids is 1. The lowest BCUT2D eigenvalue weighted by Gasteiger charge is -2.10. The average Bonchev–Trinajstić information content (AvgIpc) is 2.38. The molecule has 0 saturated heterocycles. The van der Waals surface area contributed by atoms with E-state index in [-0.39, 0.29) is 5.97 Å². The number of esters is 1. The maximum Gasteiger partial charge on any atom is 0.308 e. The standard InChI is InChI=1S/C15H13ClO2S/c1-10(17)18-15-9-12(16)5-8-14(15)11-3-6-13(19-2)7-4-11/h3-9H,1-2H3. The first-order valence-corrected chi connectivity index (χ1v) is 7.33. The van der Waals surface area contributed by atoms with E-state index in [4.69, 9.17) is 16.3 Å². The molecule has 0 radical (unpaired) electrons. The molecule has 0 fully saturated rings. The third-order valence-corrected chi connectivity index (χ3v) is 3.58. The van der Waals surface area contributed by atoms with E-state index < -0.39 is 0 Å². The Balaban J connectivity index is 2.44. The molecular weight excluding hydrogens is 280 g/mol. The van der Waals surface area contributed by atoms with Crippen LogP contribution in [0.5, 0.6) is 5.75 Å². The van der Waals surface area contributed by atoms with Crippen LogP contribution < -0.4 is 4.74 Å². The second-order valence-corrected chi connectivity index (χ2v) is 5.28. The van der Waals surface area contributed by atoms with Gasteiger partial charge in [0.1, 0.15) is 5.75 Å². The first-order valence-electron chi connectivity index (χ1n) is 5.72. The van der Waals surface area contributed by atoms with E-state index in [1.54, 1.807) is 23.9 Å². The summed E-state index contributed by atoms with van der Waals surface area (Å²) in [4.78, 5) is 12.3. The van der Waals surface area contributed by atoms with Crippen LogP contribution in [0.4, 0.5) is 0 Å². The number of hydrogen-bond donors (Lipinski definition) is 0. The number of halogens is 1. The van der Waals surface area contributed by atoms with Crippen molar-refractivity contribution in [2.45, 2.75) is 11.8 Å². The summed E-state index contributed by atoms with van der Waals surface area (Å²) in [6.07, 6.45) is 2.03. The highest BCUT2D eigenvalue weighted by Crippen LogP contribution is 2.33. The Morgan fingerprint density at radius 2 is 1.84 bits per heavy atom. The third kappa shape index (κ3) is 3.52. The van der Waals surface area contributed by atoms with E-state index in [0.29, 0.717) is 10.8 Å². The van der Waals surface area contributed by atoms with E-state index in [0.717, 1.165) is 11.1 Å². The molecule has 0 aromatic heterocycles. The van der Waals surface area contributed by atoms with Crippen molar-refractivity contribution in [2.24, 2.45) is 0 Å². The number of carbonyl (C=O) groups is 1. The monoisotopic (exact) mass is 292 g/mol. The van der Waals surface area contributed by atoms with Crippen LogP contribution in [-0.4, -0.2) is 12.2 Å². The molecule has 0 aliphatic rings. The minimum Gasteiger partial charge on any atom is -0.426 e. The molecule has 2 nitrogen and oxygen atoms in total. The van der Waals surface area contributed by atoms with E-state index in [2.05, 4.69) is 0 Å². The molecule has 2 rings (SSSR count). The normalized spacial score (nSPS) is 10.3. The second-order valence-electron chi connectivity index (χ2n) is 3.96. The van der Waals surface area contributed by atoms with Crippen LogP contribution in [0, 0.1) is 0 Å². The van der Waals surface area contributed by atoms with Gasteiger partial charge in [-0.3, -0.25) is 4.79 Å². The zero-order chi connectivity index (χ0) is 13.8. The largest absolute Gasteiger partial charge is 0.426 e. The molecule has 0 aliphatic carbocycles. The number of hydrogen-bond acceptors (Lipinski definition) is 3. The highest BCUT2D eigenvalue weighted by molar-refractivity contribution is 7.98. The predicted octanol–water partition coefficient (Wildman–Crippen LogP) is 4.65. The first kappa shape index (κ1) is 14.0. The number of rotatable bonds is 3. The minimum absolute atomic E-state index is 0.357. The van der Waals surface area contributed by atoms with Gasteiger partial charge < -0.3 is 4.74 Å². The first-order chi connectivity index (χ1) is 9.10. The molecule has 0 spiro atoms. The van der Waals surface area contributed by atoms with E-state index in [1.165, 1.54) is 11.8 Å². The van der Waals surface area contributed by atoms with Crippen molar-refractivity contribution >= 4 is 29.3 Å². The fourth-order valence-corrected chi connectivity index (χ4v) is 2.31. The van der Waals surface area contributed by atoms with Crippen molar-refractivity contribution in [3.05, 3.63) is 47.5 Å². The van der Waals surface area contributed by atoms with E-state index in [1.807, 2.05) is 36.6 Å². The Hall–Kier alpha value is -1.45. The van der Waals surface area contributed by atoms with Crippen molar-refractivity contribution < 1.29 is 9.53 Å². The van der Waals surface area contributed by atoms with E-state index >= 15 is 0 Å². The summed E-state index contributed by atoms with van der Waals surface area (Å²) < 4.78 is 5.21. The Bertz CT molecular complexity index is 594. The Labute approximate surface area is 121 Å². The molecular formula is C15H13ClO2S. The number of benzene rings is 2. The van der Waals surface area contributed by atoms with Gasteiger partial charge in [-0.1, -0.05) is 23.7 Å². The number of ether oxygens (including phenoxy) is 1. The second kappa shape index (κ2) is 6.13. The minimum atomic E-state index is -0.357. The number of thioether (sulfide) groups is 1. The lowest BCUT2D eigenvalue weighted by molar-refractivity contribution is -0.131. The Morgan fingerprint density at radius 3 is 2.42 bits per heavy atom. The van der Waals surface area contributed by atoms with Crippen LogP contribution in [0.1, 0.15) is 6.92 Å². The molecule has 0 N–H and O–H groups in total. The zero-order valence-electron chi connectivity index (χ0n) is 10.6. The maximum absolute atomic E-state index is 11.1. The summed E-state index contributed by atoms with van der Waals surface area (Å²) in [7, 11) is 0. The van der Waals surface area contributed by atoms with Crippen LogP contribution in [0.15, 0.2) is 47.4 Å². The van der Waals surface area contributed by atoms with Crippen LogP contribution in [0.25, 0.3) is 11.1 Å². The van der Waals surface area contributed by atoms with Gasteiger partial charge in [0.05, 0.1) is 0 Å². The van der Waals surface area contributed by atoms with Crippen molar-refractivity contribution in [3.63, 3.8) is 0 Å². The Morgan fingerprint density at radius 1 is 1.16 bits per heavy atom. The van der Waals surface area contributed by atoms with Gasteiger partial charge >= 0.3 is 5.97 Å². The quantitative estimate of drug-likeness (QED) is 0.468. The summed E-state index contributed by atoms with van der Waals surface area (Å²) in [5.74, 6) is 0.126. The lowest BCUT2D eigenvalue weighted by Crippen LogP contribution is -2.02. The van der Waals surface area contributed by atoms with E-state index in [9.17, 15) is 4.79 Å². The van der Waals surface area contributed by atoms with Crippen molar-refractivity contribution in [2.75, 3.05) is 6.26 Å². The van der Waals surface area contributed by atoms with Gasteiger partial charge in [-0.2, -0.15) is 0 Å². The summed E-state index contributed by atoms with van der Waals surface area (Å²) in [6.45, 7) is 1.38. The molecule has 2 aromatic rings. The predicted molar refractivity (Wildman–Crippen MR) is 80.0 cm³/mol. The van der Waals surface area contributed by atoms with Crippen molar-refractivity contribution in [3.8, 4) is 16.9 Å². The van der Waals surface area contributed by atoms with Gasteiger partial charge in [0.15, 0.2) is 0 Å². The smallest absolute Gasteiger partial charge is 0.308 e. The van der Waals surface area contributed by atoms with Crippen molar-refractivity contribution in [1.29, 1.82) is 0 Å². The molecule has 98 valence electrons. The molecule has 2 aromatic carbocycles. The molecule has 19 heavy (non-hydrogen) atoms. The summed E-state index contributed by atoms with van der Waals surface area (Å²) in [6, 6.07) is 13.4. The molecule has 0 unspecified atom stereocenters. The molecule has 0 heterocycles. The average molecular weight is 293 g/mol. The topological polar surface area (TPSA) is 26.3 Å². The molecule has 0 bridgehead atoms. The highest BCUT2D eigenvalue weighted by Gasteiger charge is 2.09. The van der Waals surface area contributed by atoms with Gasteiger partial charge in [0, 0.05) is 28.5 Å². The Kier molecular flexibility index (Phi) is 4.51. The summed E-state index contributed by atoms with van der Waals surface area (Å²) in [5.41, 5.74) is 1.85.